The van der Waals surface area contributed by atoms with Crippen LogP contribution in [0.4, 0.5) is 5.69 Å². The SMILES string of the molecule is CCn1ncc(NC(=O)C(C)n2nc(C)c(Br)c2C)c1C(=O)N(C)C. The maximum absolute atomic E-state index is 12.7. The number of nitrogens with one attached hydrogen (secondary N) is 1. The fraction of sp³-hybridized carbons (Fsp3) is 0.500. The van der Waals surface area contributed by atoms with E-state index in [2.05, 4.69) is 31.4 Å². The van der Waals surface area contributed by atoms with E-state index >= 15 is 0 Å². The third kappa shape index (κ3) is 3.60. The van der Waals surface area contributed by atoms with E-state index in [-0.39, 0.29) is 11.8 Å². The molecule has 0 aliphatic rings. The van der Waals surface area contributed by atoms with Crippen LogP contribution in [0.15, 0.2) is 10.7 Å². The minimum absolute atomic E-state index is 0.212. The second kappa shape index (κ2) is 7.38. The van der Waals surface area contributed by atoms with Gasteiger partial charge in [-0.25, -0.2) is 0 Å². The number of hydrogen-bond acceptors (Lipinski definition) is 4. The minimum atomic E-state index is -0.530. The number of carbonyl (C=O) groups is 2. The Morgan fingerprint density at radius 1 is 1.36 bits per heavy atom. The highest BCUT2D eigenvalue weighted by Crippen LogP contribution is 2.24. The molecule has 2 aromatic heterocycles. The maximum Gasteiger partial charge on any atom is 0.273 e. The largest absolute Gasteiger partial charge is 0.343 e. The first-order valence-electron chi connectivity index (χ1n) is 7.98. The highest BCUT2D eigenvalue weighted by molar-refractivity contribution is 9.10. The molecule has 2 heterocycles. The Kier molecular flexibility index (Phi) is 5.66. The summed E-state index contributed by atoms with van der Waals surface area (Å²) in [6.07, 6.45) is 1.50. The van der Waals surface area contributed by atoms with Crippen molar-refractivity contribution in [1.82, 2.24) is 24.5 Å². The Labute approximate surface area is 155 Å². The molecule has 136 valence electrons. The number of rotatable bonds is 5. The molecule has 1 unspecified atom stereocenters. The van der Waals surface area contributed by atoms with Crippen molar-refractivity contribution >= 4 is 33.4 Å². The molecule has 0 aliphatic carbocycles. The quantitative estimate of drug-likeness (QED) is 0.819. The van der Waals surface area contributed by atoms with Crippen LogP contribution in [-0.4, -0.2) is 50.4 Å². The second-order valence-electron chi connectivity index (χ2n) is 6.02. The van der Waals surface area contributed by atoms with Crippen LogP contribution in [0.2, 0.25) is 0 Å². The first-order valence-corrected chi connectivity index (χ1v) is 8.77. The topological polar surface area (TPSA) is 85.0 Å². The van der Waals surface area contributed by atoms with Gasteiger partial charge in [-0.2, -0.15) is 10.2 Å². The van der Waals surface area contributed by atoms with E-state index in [0.29, 0.717) is 17.9 Å². The average molecular weight is 411 g/mol. The van der Waals surface area contributed by atoms with Crippen molar-refractivity contribution in [2.24, 2.45) is 0 Å². The van der Waals surface area contributed by atoms with Crippen molar-refractivity contribution in [3.63, 3.8) is 0 Å². The minimum Gasteiger partial charge on any atom is -0.343 e. The number of amides is 2. The van der Waals surface area contributed by atoms with E-state index in [1.165, 1.54) is 11.1 Å². The van der Waals surface area contributed by atoms with Crippen LogP contribution in [0.1, 0.15) is 41.8 Å². The van der Waals surface area contributed by atoms with Gasteiger partial charge in [-0.05, 0) is 43.6 Å². The Hall–Kier alpha value is -2.16. The summed E-state index contributed by atoms with van der Waals surface area (Å²) in [5.74, 6) is -0.474. The molecule has 1 N–H and O–H groups in total. The Bertz CT molecular complexity index is 808. The summed E-state index contributed by atoms with van der Waals surface area (Å²) in [7, 11) is 3.33. The number of aromatic nitrogens is 4. The monoisotopic (exact) mass is 410 g/mol. The van der Waals surface area contributed by atoms with Crippen LogP contribution in [0.5, 0.6) is 0 Å². The molecule has 2 rings (SSSR count). The lowest BCUT2D eigenvalue weighted by atomic mass is 10.2. The first-order chi connectivity index (χ1) is 11.7. The van der Waals surface area contributed by atoms with Crippen LogP contribution in [0, 0.1) is 13.8 Å². The summed E-state index contributed by atoms with van der Waals surface area (Å²) >= 11 is 3.46. The van der Waals surface area contributed by atoms with Gasteiger partial charge in [0.25, 0.3) is 5.91 Å². The third-order valence-corrected chi connectivity index (χ3v) is 5.14. The number of hydrogen-bond donors (Lipinski definition) is 1. The predicted molar refractivity (Wildman–Crippen MR) is 98.7 cm³/mol. The fourth-order valence-electron chi connectivity index (χ4n) is 2.52. The van der Waals surface area contributed by atoms with Gasteiger partial charge in [0.15, 0.2) is 0 Å². The molecule has 1 atom stereocenters. The molecule has 0 saturated carbocycles. The Balaban J connectivity index is 2.30. The van der Waals surface area contributed by atoms with Gasteiger partial charge in [-0.1, -0.05) is 0 Å². The van der Waals surface area contributed by atoms with Gasteiger partial charge in [0.05, 0.1) is 27.7 Å². The van der Waals surface area contributed by atoms with Crippen molar-refractivity contribution in [3.8, 4) is 0 Å². The van der Waals surface area contributed by atoms with Crippen molar-refractivity contribution in [1.29, 1.82) is 0 Å². The van der Waals surface area contributed by atoms with E-state index in [4.69, 9.17) is 0 Å². The summed E-state index contributed by atoms with van der Waals surface area (Å²) < 4.78 is 4.11. The molecule has 8 nitrogen and oxygen atoms in total. The van der Waals surface area contributed by atoms with Crippen LogP contribution < -0.4 is 5.32 Å². The van der Waals surface area contributed by atoms with E-state index in [1.54, 1.807) is 30.4 Å². The standard InChI is InChI=1S/C16H23BrN6O2/c1-7-22-14(16(25)21(5)6)12(8-18-22)19-15(24)11(4)23-10(3)13(17)9(2)20-23/h8,11H,7H2,1-6H3,(H,19,24). The Morgan fingerprint density at radius 3 is 2.48 bits per heavy atom. The summed E-state index contributed by atoms with van der Waals surface area (Å²) in [5.41, 5.74) is 2.45. The predicted octanol–water partition coefficient (Wildman–Crippen LogP) is 2.38. The third-order valence-electron chi connectivity index (χ3n) is 3.99. The maximum atomic E-state index is 12.7. The highest BCUT2D eigenvalue weighted by atomic mass is 79.9. The molecule has 25 heavy (non-hydrogen) atoms. The van der Waals surface area contributed by atoms with Crippen LogP contribution in [-0.2, 0) is 11.3 Å². The van der Waals surface area contributed by atoms with Crippen LogP contribution in [0.3, 0.4) is 0 Å². The second-order valence-corrected chi connectivity index (χ2v) is 6.81. The highest BCUT2D eigenvalue weighted by Gasteiger charge is 2.25. The van der Waals surface area contributed by atoms with E-state index < -0.39 is 6.04 Å². The van der Waals surface area contributed by atoms with E-state index in [1.807, 2.05) is 20.8 Å². The van der Waals surface area contributed by atoms with Gasteiger partial charge in [0.1, 0.15) is 11.7 Å². The number of carbonyl (C=O) groups excluding carboxylic acids is 2. The van der Waals surface area contributed by atoms with Gasteiger partial charge in [0, 0.05) is 20.6 Å². The summed E-state index contributed by atoms with van der Waals surface area (Å²) in [5, 5.41) is 11.4. The normalized spacial score (nSPS) is 12.1. The van der Waals surface area contributed by atoms with Crippen molar-refractivity contribution in [2.45, 2.75) is 40.3 Å². The van der Waals surface area contributed by atoms with Gasteiger partial charge in [-0.15, -0.1) is 0 Å². The van der Waals surface area contributed by atoms with Crippen molar-refractivity contribution < 1.29 is 9.59 Å². The van der Waals surface area contributed by atoms with Crippen LogP contribution in [0.25, 0.3) is 0 Å². The summed E-state index contributed by atoms with van der Waals surface area (Å²) in [4.78, 5) is 26.6. The molecule has 0 bridgehead atoms. The first kappa shape index (κ1) is 19.2. The molecular formula is C16H23BrN6O2. The molecule has 0 aromatic carbocycles. The van der Waals surface area contributed by atoms with E-state index in [0.717, 1.165) is 15.9 Å². The zero-order valence-electron chi connectivity index (χ0n) is 15.3. The molecule has 0 saturated heterocycles. The number of halogens is 1. The zero-order valence-corrected chi connectivity index (χ0v) is 16.9. The zero-order chi connectivity index (χ0) is 18.9. The average Bonchev–Trinajstić information content (AvgIpc) is 3.09. The molecule has 9 heteroatoms. The van der Waals surface area contributed by atoms with Gasteiger partial charge < -0.3 is 10.2 Å². The van der Waals surface area contributed by atoms with Gasteiger partial charge >= 0.3 is 0 Å². The molecular weight excluding hydrogens is 388 g/mol. The fourth-order valence-corrected chi connectivity index (χ4v) is 2.78. The lowest BCUT2D eigenvalue weighted by Gasteiger charge is -2.16. The lowest BCUT2D eigenvalue weighted by Crippen LogP contribution is -2.29. The van der Waals surface area contributed by atoms with Gasteiger partial charge in [0.2, 0.25) is 5.91 Å². The Morgan fingerprint density at radius 2 is 2.00 bits per heavy atom. The number of nitrogens with zero attached hydrogens (tertiary/aromatic N) is 5. The molecule has 0 spiro atoms. The lowest BCUT2D eigenvalue weighted by molar-refractivity contribution is -0.119. The van der Waals surface area contributed by atoms with Crippen molar-refractivity contribution in [2.75, 3.05) is 19.4 Å². The molecule has 0 radical (unpaired) electrons. The number of aryl methyl sites for hydroxylation is 2. The van der Waals surface area contributed by atoms with Gasteiger partial charge in [-0.3, -0.25) is 19.0 Å². The van der Waals surface area contributed by atoms with Crippen molar-refractivity contribution in [3.05, 3.63) is 27.8 Å². The molecule has 0 fully saturated rings. The molecule has 2 aromatic rings. The molecule has 2 amide bonds. The summed E-state index contributed by atoms with van der Waals surface area (Å²) in [6, 6.07) is -0.530. The smallest absolute Gasteiger partial charge is 0.273 e. The number of anilines is 1. The van der Waals surface area contributed by atoms with Crippen LogP contribution >= 0.6 is 15.9 Å². The van der Waals surface area contributed by atoms with E-state index in [9.17, 15) is 9.59 Å². The molecule has 0 aliphatic heterocycles. The summed E-state index contributed by atoms with van der Waals surface area (Å²) in [6.45, 7) is 7.95.